The predicted molar refractivity (Wildman–Crippen MR) is 122 cm³/mol. The topological polar surface area (TPSA) is 79.3 Å². The van der Waals surface area contributed by atoms with E-state index in [-0.39, 0.29) is 11.4 Å². The molecule has 32 heavy (non-hydrogen) atoms. The molecule has 1 aromatic heterocycles. The minimum Gasteiger partial charge on any atom is -0.503 e. The molecule has 2 aliphatic rings. The maximum absolute atomic E-state index is 13.3. The van der Waals surface area contributed by atoms with Gasteiger partial charge in [-0.3, -0.25) is 14.5 Å². The molecular weight excluding hydrogens is 428 g/mol. The van der Waals surface area contributed by atoms with E-state index in [4.69, 9.17) is 9.47 Å². The molecule has 0 saturated carbocycles. The molecule has 1 aromatic carbocycles. The average Bonchev–Trinajstić information content (AvgIpc) is 3.43. The van der Waals surface area contributed by atoms with Crippen LogP contribution in [-0.4, -0.2) is 72.6 Å². The summed E-state index contributed by atoms with van der Waals surface area (Å²) in [6.07, 6.45) is 0.737. The number of benzene rings is 1. The van der Waals surface area contributed by atoms with Crippen LogP contribution in [0.15, 0.2) is 53.1 Å². The second-order valence-corrected chi connectivity index (χ2v) is 8.73. The Morgan fingerprint density at radius 2 is 2.03 bits per heavy atom. The van der Waals surface area contributed by atoms with Crippen molar-refractivity contribution in [3.8, 4) is 5.75 Å². The molecular formula is C24H28N2O5S. The van der Waals surface area contributed by atoms with Gasteiger partial charge in [-0.25, -0.2) is 0 Å². The summed E-state index contributed by atoms with van der Waals surface area (Å²) in [6.45, 7) is 6.87. The molecule has 4 rings (SSSR count). The van der Waals surface area contributed by atoms with E-state index in [0.29, 0.717) is 23.8 Å². The van der Waals surface area contributed by atoms with Crippen molar-refractivity contribution < 1.29 is 24.2 Å². The van der Waals surface area contributed by atoms with Crippen LogP contribution in [0.25, 0.3) is 0 Å². The van der Waals surface area contributed by atoms with Crippen molar-refractivity contribution in [1.29, 1.82) is 0 Å². The van der Waals surface area contributed by atoms with Crippen molar-refractivity contribution in [2.45, 2.75) is 19.4 Å². The van der Waals surface area contributed by atoms with Gasteiger partial charge >= 0.3 is 0 Å². The Labute approximate surface area is 191 Å². The van der Waals surface area contributed by atoms with Crippen LogP contribution in [-0.2, 0) is 9.53 Å². The number of aliphatic hydroxyl groups is 1. The summed E-state index contributed by atoms with van der Waals surface area (Å²) < 4.78 is 11.0. The normalized spacial score (nSPS) is 19.6. The number of amides is 1. The molecule has 3 heterocycles. The van der Waals surface area contributed by atoms with Crippen LogP contribution >= 0.6 is 11.3 Å². The monoisotopic (exact) mass is 456 g/mol. The maximum atomic E-state index is 13.3. The first-order valence-electron chi connectivity index (χ1n) is 10.9. The third kappa shape index (κ3) is 4.72. The number of carbonyl (C=O) groups is 2. The standard InChI is InChI=1S/C24H28N2O5S/c1-2-31-18-7-3-6-17(16-18)21-20(22(27)19-8-4-15-32-19)23(28)24(29)26(21)10-5-9-25-11-13-30-14-12-25/h3-4,6-8,15-16,21,28H,2,5,9-14H2,1H3/t21-/m1/s1. The number of morpholine rings is 1. The number of thiophene rings is 1. The van der Waals surface area contributed by atoms with Gasteiger partial charge in [0.25, 0.3) is 5.91 Å². The Hall–Kier alpha value is -2.68. The lowest BCUT2D eigenvalue weighted by atomic mass is 9.95. The fraction of sp³-hybridized carbons (Fsp3) is 0.417. The van der Waals surface area contributed by atoms with Gasteiger partial charge in [0.2, 0.25) is 5.78 Å². The van der Waals surface area contributed by atoms with Crippen molar-refractivity contribution in [3.63, 3.8) is 0 Å². The predicted octanol–water partition coefficient (Wildman–Crippen LogP) is 3.45. The van der Waals surface area contributed by atoms with Crippen molar-refractivity contribution in [3.05, 3.63) is 63.6 Å². The van der Waals surface area contributed by atoms with Crippen LogP contribution < -0.4 is 4.74 Å². The minimum atomic E-state index is -0.651. The maximum Gasteiger partial charge on any atom is 0.290 e. The number of aliphatic hydroxyl groups excluding tert-OH is 1. The second kappa shape index (κ2) is 10.3. The van der Waals surface area contributed by atoms with Gasteiger partial charge in [-0.1, -0.05) is 18.2 Å². The van der Waals surface area contributed by atoms with Crippen LogP contribution in [0.1, 0.15) is 34.6 Å². The number of ether oxygens (including phenoxy) is 2. The number of ketones is 1. The minimum absolute atomic E-state index is 0.137. The van der Waals surface area contributed by atoms with Gasteiger partial charge < -0.3 is 19.5 Å². The van der Waals surface area contributed by atoms with Crippen molar-refractivity contribution in [1.82, 2.24) is 9.80 Å². The lowest BCUT2D eigenvalue weighted by molar-refractivity contribution is -0.129. The highest BCUT2D eigenvalue weighted by Crippen LogP contribution is 2.40. The molecule has 8 heteroatoms. The van der Waals surface area contributed by atoms with Crippen molar-refractivity contribution in [2.24, 2.45) is 0 Å². The van der Waals surface area contributed by atoms with Gasteiger partial charge in [-0.15, -0.1) is 11.3 Å². The van der Waals surface area contributed by atoms with Crippen LogP contribution in [0.2, 0.25) is 0 Å². The van der Waals surface area contributed by atoms with E-state index < -0.39 is 17.7 Å². The summed E-state index contributed by atoms with van der Waals surface area (Å²) in [6, 6.07) is 10.3. The zero-order chi connectivity index (χ0) is 22.5. The highest BCUT2D eigenvalue weighted by molar-refractivity contribution is 7.12. The molecule has 1 atom stereocenters. The fourth-order valence-electron chi connectivity index (χ4n) is 4.23. The number of carbonyl (C=O) groups excluding carboxylic acids is 2. The van der Waals surface area contributed by atoms with Gasteiger partial charge in [0, 0.05) is 26.2 Å². The highest BCUT2D eigenvalue weighted by atomic mass is 32.1. The smallest absolute Gasteiger partial charge is 0.290 e. The van der Waals surface area contributed by atoms with Crippen molar-refractivity contribution >= 4 is 23.0 Å². The summed E-state index contributed by atoms with van der Waals surface area (Å²) in [4.78, 5) is 30.8. The van der Waals surface area contributed by atoms with E-state index in [9.17, 15) is 14.7 Å². The Morgan fingerprint density at radius 3 is 2.75 bits per heavy atom. The van der Waals surface area contributed by atoms with Gasteiger partial charge in [0.15, 0.2) is 5.76 Å². The molecule has 1 N–H and O–H groups in total. The SMILES string of the molecule is CCOc1cccc([C@@H]2C(C(=O)c3cccs3)=C(O)C(=O)N2CCCN2CCOCC2)c1. The molecule has 2 aromatic rings. The third-order valence-corrected chi connectivity index (χ3v) is 6.62. The van der Waals surface area contributed by atoms with Crippen LogP contribution in [0.4, 0.5) is 0 Å². The zero-order valence-electron chi connectivity index (χ0n) is 18.2. The first-order valence-corrected chi connectivity index (χ1v) is 11.8. The van der Waals surface area contributed by atoms with E-state index >= 15 is 0 Å². The first-order chi connectivity index (χ1) is 15.6. The molecule has 170 valence electrons. The summed E-state index contributed by atoms with van der Waals surface area (Å²) in [5, 5.41) is 12.6. The first kappa shape index (κ1) is 22.5. The Balaban J connectivity index is 1.61. The highest BCUT2D eigenvalue weighted by Gasteiger charge is 2.43. The molecule has 0 spiro atoms. The molecule has 1 fully saturated rings. The molecule has 7 nitrogen and oxygen atoms in total. The van der Waals surface area contributed by atoms with E-state index in [1.165, 1.54) is 11.3 Å². The van der Waals surface area contributed by atoms with Crippen LogP contribution in [0.5, 0.6) is 5.75 Å². The summed E-state index contributed by atoms with van der Waals surface area (Å²) in [7, 11) is 0. The Bertz CT molecular complexity index is 982. The quantitative estimate of drug-likeness (QED) is 0.583. The average molecular weight is 457 g/mol. The molecule has 0 radical (unpaired) electrons. The second-order valence-electron chi connectivity index (χ2n) is 7.78. The van der Waals surface area contributed by atoms with E-state index in [2.05, 4.69) is 4.90 Å². The molecule has 0 unspecified atom stereocenters. The van der Waals surface area contributed by atoms with Crippen molar-refractivity contribution in [2.75, 3.05) is 46.0 Å². The summed E-state index contributed by atoms with van der Waals surface area (Å²) in [5.41, 5.74) is 0.886. The van der Waals surface area contributed by atoms with Crippen LogP contribution in [0.3, 0.4) is 0 Å². The number of rotatable bonds is 9. The largest absolute Gasteiger partial charge is 0.503 e. The van der Waals surface area contributed by atoms with E-state index in [1.807, 2.05) is 36.6 Å². The molecule has 2 aliphatic heterocycles. The van der Waals surface area contributed by atoms with Gasteiger partial charge in [0.05, 0.1) is 36.3 Å². The van der Waals surface area contributed by atoms with E-state index in [0.717, 1.165) is 44.8 Å². The lowest BCUT2D eigenvalue weighted by Crippen LogP contribution is -2.39. The van der Waals surface area contributed by atoms with Gasteiger partial charge in [-0.2, -0.15) is 0 Å². The summed E-state index contributed by atoms with van der Waals surface area (Å²) >= 11 is 1.30. The number of hydrogen-bond acceptors (Lipinski definition) is 7. The Morgan fingerprint density at radius 1 is 1.22 bits per heavy atom. The van der Waals surface area contributed by atoms with Gasteiger partial charge in [0.1, 0.15) is 5.75 Å². The van der Waals surface area contributed by atoms with Gasteiger partial charge in [-0.05, 0) is 42.5 Å². The zero-order valence-corrected chi connectivity index (χ0v) is 19.0. The third-order valence-electron chi connectivity index (χ3n) is 5.76. The van der Waals surface area contributed by atoms with Crippen LogP contribution in [0, 0.1) is 0 Å². The molecule has 0 aliphatic carbocycles. The molecule has 1 amide bonds. The number of hydrogen-bond donors (Lipinski definition) is 1. The fourth-order valence-corrected chi connectivity index (χ4v) is 4.91. The number of nitrogens with zero attached hydrogens (tertiary/aromatic N) is 2. The molecule has 0 bridgehead atoms. The van der Waals surface area contributed by atoms with E-state index in [1.54, 1.807) is 17.0 Å². The Kier molecular flexibility index (Phi) is 7.24. The molecule has 1 saturated heterocycles. The summed E-state index contributed by atoms with van der Waals surface area (Å²) in [5.74, 6) is -0.603. The lowest BCUT2D eigenvalue weighted by Gasteiger charge is -2.30. The number of Topliss-reactive ketones (excluding diaryl/α,β-unsaturated/α-hetero) is 1.